The van der Waals surface area contributed by atoms with Crippen LogP contribution < -0.4 is 10.7 Å². The number of esters is 2. The average molecular weight is 518 g/mol. The summed E-state index contributed by atoms with van der Waals surface area (Å²) >= 11 is 3.28. The van der Waals surface area contributed by atoms with Gasteiger partial charge < -0.3 is 14.8 Å². The van der Waals surface area contributed by atoms with Crippen LogP contribution in [0.5, 0.6) is 0 Å². The second kappa shape index (κ2) is 10.7. The van der Waals surface area contributed by atoms with Crippen LogP contribution in [0.2, 0.25) is 0 Å². The summed E-state index contributed by atoms with van der Waals surface area (Å²) in [5, 5.41) is 3.60. The molecule has 0 spiro atoms. The summed E-state index contributed by atoms with van der Waals surface area (Å²) in [6, 6.07) is 12.5. The summed E-state index contributed by atoms with van der Waals surface area (Å²) < 4.78 is 10.4. The fourth-order valence-electron chi connectivity index (χ4n) is 3.02. The van der Waals surface area contributed by atoms with E-state index in [4.69, 9.17) is 4.74 Å². The van der Waals surface area contributed by atoms with Gasteiger partial charge in [-0.1, -0.05) is 15.9 Å². The number of amides is 3. The van der Waals surface area contributed by atoms with E-state index in [-0.39, 0.29) is 13.0 Å². The predicted molar refractivity (Wildman–Crippen MR) is 119 cm³/mol. The number of nitrogens with one attached hydrogen (secondary N) is 2. The normalized spacial score (nSPS) is 15.0. The van der Waals surface area contributed by atoms with Crippen molar-refractivity contribution in [2.75, 3.05) is 25.6 Å². The Kier molecular flexibility index (Phi) is 7.78. The molecule has 2 aromatic carbocycles. The number of hydrogen-bond donors (Lipinski definition) is 2. The molecule has 1 fully saturated rings. The van der Waals surface area contributed by atoms with Crippen molar-refractivity contribution in [1.82, 2.24) is 10.4 Å². The van der Waals surface area contributed by atoms with Crippen LogP contribution in [-0.4, -0.2) is 54.9 Å². The van der Waals surface area contributed by atoms with Gasteiger partial charge in [0.1, 0.15) is 0 Å². The second-order valence-corrected chi connectivity index (χ2v) is 7.99. The SMILES string of the molecule is COC(=O)c1ccc(NC(=O)COC(=O)[C@@H]2CC(=O)N(NC(=O)c3ccc(Br)cc3)C2)cc1. The quantitative estimate of drug-likeness (QED) is 0.536. The number of hydrazine groups is 1. The minimum atomic E-state index is -0.810. The van der Waals surface area contributed by atoms with Crippen LogP contribution in [0.4, 0.5) is 5.69 Å². The van der Waals surface area contributed by atoms with Gasteiger partial charge in [0.25, 0.3) is 11.8 Å². The summed E-state index contributed by atoms with van der Waals surface area (Å²) in [6.45, 7) is -0.607. The van der Waals surface area contributed by atoms with Crippen LogP contribution in [0, 0.1) is 5.92 Å². The third-order valence-corrected chi connectivity index (χ3v) is 5.27. The van der Waals surface area contributed by atoms with E-state index in [1.807, 2.05) is 0 Å². The van der Waals surface area contributed by atoms with Gasteiger partial charge in [-0.05, 0) is 48.5 Å². The Morgan fingerprint density at radius 2 is 1.67 bits per heavy atom. The lowest BCUT2D eigenvalue weighted by Crippen LogP contribution is -2.43. The van der Waals surface area contributed by atoms with Crippen LogP contribution in [0.25, 0.3) is 0 Å². The van der Waals surface area contributed by atoms with Crippen LogP contribution in [0.3, 0.4) is 0 Å². The summed E-state index contributed by atoms with van der Waals surface area (Å²) in [7, 11) is 1.26. The summed E-state index contributed by atoms with van der Waals surface area (Å²) in [5.74, 6) is -3.54. The molecule has 1 atom stereocenters. The lowest BCUT2D eigenvalue weighted by Gasteiger charge is -2.17. The molecule has 172 valence electrons. The molecular formula is C22H20BrN3O7. The number of carbonyl (C=O) groups excluding carboxylic acids is 5. The van der Waals surface area contributed by atoms with Crippen LogP contribution in [0.1, 0.15) is 27.1 Å². The Bertz CT molecular complexity index is 1070. The van der Waals surface area contributed by atoms with Crippen LogP contribution >= 0.6 is 15.9 Å². The van der Waals surface area contributed by atoms with Gasteiger partial charge >= 0.3 is 11.9 Å². The number of hydrogen-bond acceptors (Lipinski definition) is 7. The van der Waals surface area contributed by atoms with Gasteiger partial charge in [-0.25, -0.2) is 4.79 Å². The first-order chi connectivity index (χ1) is 15.8. The Morgan fingerprint density at radius 1 is 1.03 bits per heavy atom. The Hall–Kier alpha value is -3.73. The number of rotatable bonds is 7. The lowest BCUT2D eigenvalue weighted by atomic mass is 10.1. The molecule has 0 bridgehead atoms. The summed E-state index contributed by atoms with van der Waals surface area (Å²) in [5.41, 5.74) is 3.56. The number of halogens is 1. The molecule has 0 unspecified atom stereocenters. The molecule has 3 rings (SSSR count). The van der Waals surface area contributed by atoms with E-state index in [1.54, 1.807) is 24.3 Å². The fourth-order valence-corrected chi connectivity index (χ4v) is 3.29. The largest absolute Gasteiger partial charge is 0.465 e. The van der Waals surface area contributed by atoms with E-state index in [9.17, 15) is 24.0 Å². The number of nitrogens with zero attached hydrogens (tertiary/aromatic N) is 1. The molecule has 1 aliphatic rings. The predicted octanol–water partition coefficient (Wildman–Crippen LogP) is 1.91. The minimum absolute atomic E-state index is 0.0590. The van der Waals surface area contributed by atoms with Crippen LogP contribution in [0.15, 0.2) is 53.0 Å². The van der Waals surface area contributed by atoms with Crippen molar-refractivity contribution in [3.63, 3.8) is 0 Å². The molecule has 0 aromatic heterocycles. The number of benzene rings is 2. The molecule has 1 heterocycles. The van der Waals surface area contributed by atoms with Crippen molar-refractivity contribution in [2.45, 2.75) is 6.42 Å². The first kappa shape index (κ1) is 23.9. The lowest BCUT2D eigenvalue weighted by molar-refractivity contribution is -0.151. The van der Waals surface area contributed by atoms with Gasteiger partial charge in [0.15, 0.2) is 6.61 Å². The molecule has 0 aliphatic carbocycles. The molecule has 10 nitrogen and oxygen atoms in total. The zero-order valence-corrected chi connectivity index (χ0v) is 19.1. The second-order valence-electron chi connectivity index (χ2n) is 7.08. The molecule has 33 heavy (non-hydrogen) atoms. The van der Waals surface area contributed by atoms with Gasteiger partial charge in [0, 0.05) is 22.1 Å². The molecule has 0 radical (unpaired) electrons. The van der Waals surface area contributed by atoms with Gasteiger partial charge in [-0.2, -0.15) is 0 Å². The maximum absolute atomic E-state index is 12.3. The van der Waals surface area contributed by atoms with Crippen molar-refractivity contribution < 1.29 is 33.4 Å². The molecule has 11 heteroatoms. The molecular weight excluding hydrogens is 498 g/mol. The molecule has 2 aromatic rings. The van der Waals surface area contributed by atoms with Crippen molar-refractivity contribution in [1.29, 1.82) is 0 Å². The molecule has 1 saturated heterocycles. The fraction of sp³-hybridized carbons (Fsp3) is 0.227. The minimum Gasteiger partial charge on any atom is -0.465 e. The zero-order valence-electron chi connectivity index (χ0n) is 17.5. The Labute approximate surface area is 197 Å². The van der Waals surface area contributed by atoms with Crippen molar-refractivity contribution in [3.05, 3.63) is 64.1 Å². The maximum atomic E-state index is 12.3. The standard InChI is InChI=1S/C22H20BrN3O7/c1-32-21(30)14-4-8-17(9-5-14)24-18(27)12-33-22(31)15-10-19(28)26(11-15)25-20(29)13-2-6-16(23)7-3-13/h2-9,15H,10-12H2,1H3,(H,24,27)(H,25,29)/t15-/m1/s1. The van der Waals surface area contributed by atoms with Gasteiger partial charge in [0.05, 0.1) is 25.1 Å². The highest BCUT2D eigenvalue weighted by Crippen LogP contribution is 2.18. The summed E-state index contributed by atoms with van der Waals surface area (Å²) in [6.07, 6.45) is -0.143. The molecule has 1 aliphatic heterocycles. The smallest absolute Gasteiger partial charge is 0.337 e. The van der Waals surface area contributed by atoms with E-state index in [0.29, 0.717) is 16.8 Å². The molecule has 3 amide bonds. The van der Waals surface area contributed by atoms with E-state index in [2.05, 4.69) is 31.4 Å². The van der Waals surface area contributed by atoms with E-state index in [0.717, 1.165) is 9.48 Å². The van der Waals surface area contributed by atoms with E-state index < -0.39 is 42.2 Å². The number of anilines is 1. The first-order valence-electron chi connectivity index (χ1n) is 9.78. The average Bonchev–Trinajstić information content (AvgIpc) is 3.18. The monoisotopic (exact) mass is 517 g/mol. The van der Waals surface area contributed by atoms with E-state index >= 15 is 0 Å². The third-order valence-electron chi connectivity index (χ3n) is 4.74. The highest BCUT2D eigenvalue weighted by molar-refractivity contribution is 9.10. The van der Waals surface area contributed by atoms with Crippen molar-refractivity contribution in [3.8, 4) is 0 Å². The first-order valence-corrected chi connectivity index (χ1v) is 10.6. The van der Waals surface area contributed by atoms with Crippen molar-refractivity contribution >= 4 is 51.3 Å². The number of carbonyl (C=O) groups is 5. The molecule has 0 saturated carbocycles. The van der Waals surface area contributed by atoms with Gasteiger partial charge in [-0.15, -0.1) is 0 Å². The summed E-state index contributed by atoms with van der Waals surface area (Å²) in [4.78, 5) is 60.2. The highest BCUT2D eigenvalue weighted by Gasteiger charge is 2.36. The Morgan fingerprint density at radius 3 is 2.30 bits per heavy atom. The number of ether oxygens (including phenoxy) is 2. The topological polar surface area (TPSA) is 131 Å². The number of methoxy groups -OCH3 is 1. The van der Waals surface area contributed by atoms with Crippen LogP contribution in [-0.2, 0) is 23.9 Å². The third kappa shape index (κ3) is 6.39. The highest BCUT2D eigenvalue weighted by atomic mass is 79.9. The zero-order chi connectivity index (χ0) is 24.0. The van der Waals surface area contributed by atoms with E-state index in [1.165, 1.54) is 31.4 Å². The van der Waals surface area contributed by atoms with Gasteiger partial charge in [0.2, 0.25) is 5.91 Å². The van der Waals surface area contributed by atoms with Gasteiger partial charge in [-0.3, -0.25) is 29.6 Å². The maximum Gasteiger partial charge on any atom is 0.337 e. The Balaban J connectivity index is 1.46. The van der Waals surface area contributed by atoms with Crippen molar-refractivity contribution in [2.24, 2.45) is 5.92 Å². The molecule has 2 N–H and O–H groups in total.